The molecule has 1 aromatic rings. The van der Waals surface area contributed by atoms with Crippen LogP contribution in [0.2, 0.25) is 0 Å². The van der Waals surface area contributed by atoms with E-state index in [-0.39, 0.29) is 0 Å². The Morgan fingerprint density at radius 2 is 1.69 bits per heavy atom. The number of hydrogen-bond donors (Lipinski definition) is 0. The van der Waals surface area contributed by atoms with Crippen molar-refractivity contribution in [2.75, 3.05) is 18.0 Å². The highest BCUT2D eigenvalue weighted by molar-refractivity contribution is 5.76. The topological polar surface area (TPSA) is 20.3 Å². The summed E-state index contributed by atoms with van der Waals surface area (Å²) in [5, 5.41) is 0. The van der Waals surface area contributed by atoms with Gasteiger partial charge in [0.2, 0.25) is 6.29 Å². The third-order valence-corrected chi connectivity index (χ3v) is 2.46. The molecule has 0 aliphatic carbocycles. The molecule has 1 fully saturated rings. The van der Waals surface area contributed by atoms with Crippen LogP contribution < -0.4 is 4.90 Å². The van der Waals surface area contributed by atoms with Gasteiger partial charge in [0.15, 0.2) is 0 Å². The quantitative estimate of drug-likeness (QED) is 0.680. The minimum absolute atomic E-state index is 0.628. The lowest BCUT2D eigenvalue weighted by Gasteiger charge is -2.16. The summed E-state index contributed by atoms with van der Waals surface area (Å²) in [6.07, 6.45) is 4.43. The fraction of sp³-hybridized carbons (Fsp3) is 0.364. The molecule has 13 heavy (non-hydrogen) atoms. The van der Waals surface area contributed by atoms with Gasteiger partial charge in [-0.2, -0.15) is 0 Å². The molecule has 2 rings (SSSR count). The van der Waals surface area contributed by atoms with Crippen LogP contribution in [0.15, 0.2) is 24.3 Å². The van der Waals surface area contributed by atoms with Gasteiger partial charge in [-0.15, -0.1) is 0 Å². The Morgan fingerprint density at radius 1 is 1.08 bits per heavy atom. The van der Waals surface area contributed by atoms with Crippen LogP contribution in [0, 0.1) is 0 Å². The fourth-order valence-corrected chi connectivity index (χ4v) is 1.72. The van der Waals surface area contributed by atoms with Crippen LogP contribution in [0.4, 0.5) is 5.69 Å². The van der Waals surface area contributed by atoms with Gasteiger partial charge in [-0.3, -0.25) is 4.79 Å². The Labute approximate surface area is 78.2 Å². The summed E-state index contributed by atoms with van der Waals surface area (Å²) in [6, 6.07) is 7.62. The van der Waals surface area contributed by atoms with E-state index in [2.05, 4.69) is 4.90 Å². The summed E-state index contributed by atoms with van der Waals surface area (Å²) in [5.41, 5.74) is 1.85. The average Bonchev–Trinajstić information content (AvgIpc) is 2.71. The Bertz CT molecular complexity index is 285. The lowest BCUT2D eigenvalue weighted by molar-refractivity contribution is 0.563. The molecular formula is C11H12NO. The van der Waals surface area contributed by atoms with Crippen molar-refractivity contribution in [2.24, 2.45) is 0 Å². The molecule has 0 spiro atoms. The third-order valence-electron chi connectivity index (χ3n) is 2.46. The van der Waals surface area contributed by atoms with Gasteiger partial charge in [0.25, 0.3) is 0 Å². The molecule has 1 saturated heterocycles. The summed E-state index contributed by atoms with van der Waals surface area (Å²) < 4.78 is 0. The summed E-state index contributed by atoms with van der Waals surface area (Å²) in [7, 11) is 0. The first-order valence-corrected chi connectivity index (χ1v) is 4.63. The Hall–Kier alpha value is -1.31. The van der Waals surface area contributed by atoms with Crippen LogP contribution in [-0.4, -0.2) is 19.4 Å². The van der Waals surface area contributed by atoms with Crippen molar-refractivity contribution in [2.45, 2.75) is 12.8 Å². The zero-order valence-electron chi connectivity index (χ0n) is 7.49. The maximum absolute atomic E-state index is 10.3. The smallest absolute Gasteiger partial charge is 0.233 e. The first-order valence-electron chi connectivity index (χ1n) is 4.63. The number of anilines is 1. The highest BCUT2D eigenvalue weighted by atomic mass is 16.1. The summed E-state index contributed by atoms with van der Waals surface area (Å²) in [4.78, 5) is 12.6. The highest BCUT2D eigenvalue weighted by Crippen LogP contribution is 2.19. The van der Waals surface area contributed by atoms with Crippen molar-refractivity contribution >= 4 is 12.0 Å². The molecule has 2 nitrogen and oxygen atoms in total. The summed E-state index contributed by atoms with van der Waals surface area (Å²) in [5.74, 6) is 0. The molecule has 0 saturated carbocycles. The summed E-state index contributed by atoms with van der Waals surface area (Å²) in [6.45, 7) is 2.29. The molecule has 67 valence electrons. The summed E-state index contributed by atoms with van der Waals surface area (Å²) >= 11 is 0. The fourth-order valence-electron chi connectivity index (χ4n) is 1.72. The molecular weight excluding hydrogens is 162 g/mol. The molecule has 0 atom stereocenters. The monoisotopic (exact) mass is 174 g/mol. The van der Waals surface area contributed by atoms with Crippen LogP contribution in [-0.2, 0) is 4.79 Å². The average molecular weight is 174 g/mol. The second-order valence-corrected chi connectivity index (χ2v) is 3.34. The molecule has 1 aliphatic heterocycles. The van der Waals surface area contributed by atoms with Crippen molar-refractivity contribution in [3.8, 4) is 0 Å². The van der Waals surface area contributed by atoms with Crippen molar-refractivity contribution in [3.63, 3.8) is 0 Å². The van der Waals surface area contributed by atoms with Gasteiger partial charge >= 0.3 is 0 Å². The van der Waals surface area contributed by atoms with E-state index in [0.29, 0.717) is 5.56 Å². The van der Waals surface area contributed by atoms with Gasteiger partial charge in [-0.1, -0.05) is 0 Å². The predicted octanol–water partition coefficient (Wildman–Crippen LogP) is 1.74. The Kier molecular flexibility index (Phi) is 2.30. The predicted molar refractivity (Wildman–Crippen MR) is 52.7 cm³/mol. The maximum Gasteiger partial charge on any atom is 0.233 e. The molecule has 1 radical (unpaired) electrons. The zero-order chi connectivity index (χ0) is 9.10. The number of nitrogens with zero attached hydrogens (tertiary/aromatic N) is 1. The van der Waals surface area contributed by atoms with Crippen molar-refractivity contribution in [3.05, 3.63) is 29.8 Å². The van der Waals surface area contributed by atoms with Crippen LogP contribution >= 0.6 is 0 Å². The largest absolute Gasteiger partial charge is 0.372 e. The minimum Gasteiger partial charge on any atom is -0.372 e. The van der Waals surface area contributed by atoms with Gasteiger partial charge in [0.1, 0.15) is 0 Å². The standard InChI is InChI=1S/C11H12NO/c13-9-10-3-5-11(6-4-10)12-7-1-2-8-12/h3-6H,1-2,7-8H2. The molecule has 1 heterocycles. The SMILES string of the molecule is O=[C]c1ccc(N2CCCC2)cc1. The van der Waals surface area contributed by atoms with Crippen molar-refractivity contribution < 1.29 is 4.79 Å². The lowest BCUT2D eigenvalue weighted by Crippen LogP contribution is -2.17. The molecule has 1 aliphatic rings. The van der Waals surface area contributed by atoms with Crippen LogP contribution in [0.5, 0.6) is 0 Å². The Morgan fingerprint density at radius 3 is 2.23 bits per heavy atom. The molecule has 0 N–H and O–H groups in total. The molecule has 0 unspecified atom stereocenters. The van der Waals surface area contributed by atoms with Gasteiger partial charge in [0, 0.05) is 24.3 Å². The normalized spacial score (nSPS) is 16.2. The van der Waals surface area contributed by atoms with E-state index in [0.717, 1.165) is 13.1 Å². The van der Waals surface area contributed by atoms with Gasteiger partial charge in [-0.05, 0) is 37.1 Å². The zero-order valence-corrected chi connectivity index (χ0v) is 7.49. The van der Waals surface area contributed by atoms with E-state index in [1.54, 1.807) is 0 Å². The Balaban J connectivity index is 2.16. The van der Waals surface area contributed by atoms with E-state index >= 15 is 0 Å². The molecule has 0 aromatic heterocycles. The molecule has 0 bridgehead atoms. The second-order valence-electron chi connectivity index (χ2n) is 3.34. The molecule has 0 amide bonds. The van der Waals surface area contributed by atoms with E-state index < -0.39 is 0 Å². The van der Waals surface area contributed by atoms with E-state index in [9.17, 15) is 4.79 Å². The number of benzene rings is 1. The lowest BCUT2D eigenvalue weighted by atomic mass is 10.2. The van der Waals surface area contributed by atoms with Gasteiger partial charge < -0.3 is 4.90 Å². The van der Waals surface area contributed by atoms with Crippen LogP contribution in [0.3, 0.4) is 0 Å². The van der Waals surface area contributed by atoms with Crippen LogP contribution in [0.1, 0.15) is 18.4 Å². The molecule has 2 heteroatoms. The van der Waals surface area contributed by atoms with Crippen molar-refractivity contribution in [1.82, 2.24) is 0 Å². The van der Waals surface area contributed by atoms with E-state index in [4.69, 9.17) is 0 Å². The second kappa shape index (κ2) is 3.60. The number of hydrogen-bond acceptors (Lipinski definition) is 2. The third kappa shape index (κ3) is 1.72. The van der Waals surface area contributed by atoms with Gasteiger partial charge in [-0.25, -0.2) is 0 Å². The van der Waals surface area contributed by atoms with Gasteiger partial charge in [0.05, 0.1) is 0 Å². The number of rotatable bonds is 2. The number of carbonyl (C=O) groups excluding carboxylic acids is 1. The van der Waals surface area contributed by atoms with Crippen molar-refractivity contribution in [1.29, 1.82) is 0 Å². The first kappa shape index (κ1) is 8.30. The van der Waals surface area contributed by atoms with Crippen LogP contribution in [0.25, 0.3) is 0 Å². The van der Waals surface area contributed by atoms with E-state index in [1.807, 2.05) is 30.6 Å². The maximum atomic E-state index is 10.3. The van der Waals surface area contributed by atoms with E-state index in [1.165, 1.54) is 18.5 Å². The highest BCUT2D eigenvalue weighted by Gasteiger charge is 2.11. The first-order chi connectivity index (χ1) is 6.40. The minimum atomic E-state index is 0.628. The molecule has 1 aromatic carbocycles.